The number of hydrogen-bond acceptors (Lipinski definition) is 2. The Bertz CT molecular complexity index is 233. The third-order valence-corrected chi connectivity index (χ3v) is 5.69. The van der Waals surface area contributed by atoms with Gasteiger partial charge in [0.25, 0.3) is 0 Å². The Kier molecular flexibility index (Phi) is 4.46. The van der Waals surface area contributed by atoms with Crippen molar-refractivity contribution in [2.45, 2.75) is 58.8 Å². The molecule has 0 aromatic rings. The molecule has 100 valence electrons. The molecule has 0 aromatic carbocycles. The summed E-state index contributed by atoms with van der Waals surface area (Å²) in [6, 6.07) is 0. The van der Waals surface area contributed by atoms with Crippen molar-refractivity contribution in [1.29, 1.82) is 0 Å². The Morgan fingerprint density at radius 3 is 2.06 bits per heavy atom. The zero-order valence-electron chi connectivity index (χ0n) is 11.7. The van der Waals surface area contributed by atoms with Crippen LogP contribution in [0.4, 0.5) is 0 Å². The van der Waals surface area contributed by atoms with Gasteiger partial charge in [0, 0.05) is 6.54 Å². The van der Waals surface area contributed by atoms with E-state index in [4.69, 9.17) is 0 Å². The van der Waals surface area contributed by atoms with E-state index in [9.17, 15) is 0 Å². The molecule has 0 radical (unpaired) electrons. The van der Waals surface area contributed by atoms with Gasteiger partial charge in [-0.2, -0.15) is 12.6 Å². The molecule has 1 saturated carbocycles. The van der Waals surface area contributed by atoms with Crippen LogP contribution in [0.1, 0.15) is 58.8 Å². The van der Waals surface area contributed by atoms with Gasteiger partial charge < -0.3 is 4.90 Å². The van der Waals surface area contributed by atoms with Crippen molar-refractivity contribution < 1.29 is 0 Å². The molecule has 0 spiro atoms. The van der Waals surface area contributed by atoms with Crippen molar-refractivity contribution >= 4 is 12.6 Å². The van der Waals surface area contributed by atoms with Gasteiger partial charge >= 0.3 is 0 Å². The molecule has 2 fully saturated rings. The highest BCUT2D eigenvalue weighted by molar-refractivity contribution is 7.80. The maximum absolute atomic E-state index is 4.66. The summed E-state index contributed by atoms with van der Waals surface area (Å²) < 4.78 is 0. The SMILES string of the molecule is CC1(C)CCN(CC2(CS)CCCCC2)CC1. The van der Waals surface area contributed by atoms with E-state index in [1.165, 1.54) is 64.6 Å². The predicted molar refractivity (Wildman–Crippen MR) is 78.8 cm³/mol. The first-order valence-corrected chi connectivity index (χ1v) is 8.02. The minimum Gasteiger partial charge on any atom is -0.303 e. The number of nitrogens with zero attached hydrogens (tertiary/aromatic N) is 1. The lowest BCUT2D eigenvalue weighted by Gasteiger charge is -2.44. The summed E-state index contributed by atoms with van der Waals surface area (Å²) in [5.41, 5.74) is 1.13. The summed E-state index contributed by atoms with van der Waals surface area (Å²) in [7, 11) is 0. The summed E-state index contributed by atoms with van der Waals surface area (Å²) in [6.07, 6.45) is 9.88. The Hall–Kier alpha value is 0.310. The second-order valence-electron chi connectivity index (χ2n) is 7.16. The average Bonchev–Trinajstić information content (AvgIpc) is 2.33. The number of piperidine rings is 1. The maximum Gasteiger partial charge on any atom is 0.00458 e. The van der Waals surface area contributed by atoms with E-state index in [-0.39, 0.29) is 0 Å². The van der Waals surface area contributed by atoms with Crippen LogP contribution in [0, 0.1) is 10.8 Å². The Labute approximate surface area is 113 Å². The first-order chi connectivity index (χ1) is 8.05. The molecule has 0 N–H and O–H groups in total. The summed E-state index contributed by atoms with van der Waals surface area (Å²) in [5, 5.41) is 0. The van der Waals surface area contributed by atoms with Crippen molar-refractivity contribution in [1.82, 2.24) is 4.90 Å². The van der Waals surface area contributed by atoms with Crippen LogP contribution in [0.25, 0.3) is 0 Å². The smallest absolute Gasteiger partial charge is 0.00458 e. The van der Waals surface area contributed by atoms with Gasteiger partial charge in [0.2, 0.25) is 0 Å². The van der Waals surface area contributed by atoms with E-state index >= 15 is 0 Å². The largest absolute Gasteiger partial charge is 0.303 e. The van der Waals surface area contributed by atoms with Crippen LogP contribution in [0.2, 0.25) is 0 Å². The molecule has 1 aliphatic carbocycles. The van der Waals surface area contributed by atoms with Gasteiger partial charge in [0.1, 0.15) is 0 Å². The van der Waals surface area contributed by atoms with Crippen LogP contribution in [0.3, 0.4) is 0 Å². The number of thiol groups is 1. The van der Waals surface area contributed by atoms with Crippen LogP contribution in [0.15, 0.2) is 0 Å². The molecule has 1 nitrogen and oxygen atoms in total. The van der Waals surface area contributed by atoms with Crippen LogP contribution < -0.4 is 0 Å². The second-order valence-corrected chi connectivity index (χ2v) is 7.48. The van der Waals surface area contributed by atoms with Crippen LogP contribution >= 0.6 is 12.6 Å². The number of likely N-dealkylation sites (tertiary alicyclic amines) is 1. The van der Waals surface area contributed by atoms with Gasteiger partial charge in [-0.05, 0) is 55.4 Å². The third kappa shape index (κ3) is 3.64. The molecule has 0 amide bonds. The lowest BCUT2D eigenvalue weighted by atomic mass is 9.74. The van der Waals surface area contributed by atoms with Gasteiger partial charge in [-0.1, -0.05) is 33.1 Å². The van der Waals surface area contributed by atoms with Crippen LogP contribution in [-0.4, -0.2) is 30.3 Å². The molecule has 0 aromatic heterocycles. The molecule has 2 aliphatic rings. The van der Waals surface area contributed by atoms with Gasteiger partial charge in [-0.3, -0.25) is 0 Å². The highest BCUT2D eigenvalue weighted by atomic mass is 32.1. The van der Waals surface area contributed by atoms with Crippen molar-refractivity contribution in [2.75, 3.05) is 25.4 Å². The number of rotatable bonds is 3. The molecule has 1 aliphatic heterocycles. The van der Waals surface area contributed by atoms with Gasteiger partial charge in [-0.15, -0.1) is 0 Å². The first-order valence-electron chi connectivity index (χ1n) is 7.39. The predicted octanol–water partition coefficient (Wildman–Crippen LogP) is 3.99. The zero-order valence-corrected chi connectivity index (χ0v) is 12.6. The standard InChI is InChI=1S/C15H29NS/c1-14(2)8-10-16(11-9-14)12-15(13-17)6-4-3-5-7-15/h17H,3-13H2,1-2H3. The monoisotopic (exact) mass is 255 g/mol. The van der Waals surface area contributed by atoms with Crippen molar-refractivity contribution in [2.24, 2.45) is 10.8 Å². The Morgan fingerprint density at radius 2 is 1.53 bits per heavy atom. The van der Waals surface area contributed by atoms with Crippen molar-refractivity contribution in [3.63, 3.8) is 0 Å². The van der Waals surface area contributed by atoms with Crippen molar-refractivity contribution in [3.8, 4) is 0 Å². The van der Waals surface area contributed by atoms with E-state index in [2.05, 4.69) is 31.4 Å². The van der Waals surface area contributed by atoms with E-state index in [0.717, 1.165) is 5.75 Å². The normalized spacial score (nSPS) is 29.1. The fraction of sp³-hybridized carbons (Fsp3) is 1.00. The fourth-order valence-corrected chi connectivity index (χ4v) is 3.88. The Morgan fingerprint density at radius 1 is 0.941 bits per heavy atom. The molecule has 2 rings (SSSR count). The van der Waals surface area contributed by atoms with Crippen molar-refractivity contribution in [3.05, 3.63) is 0 Å². The summed E-state index contributed by atoms with van der Waals surface area (Å²) in [6.45, 7) is 8.76. The summed E-state index contributed by atoms with van der Waals surface area (Å²) >= 11 is 4.66. The molecule has 17 heavy (non-hydrogen) atoms. The van der Waals surface area contributed by atoms with Gasteiger partial charge in [0.15, 0.2) is 0 Å². The topological polar surface area (TPSA) is 3.24 Å². The quantitative estimate of drug-likeness (QED) is 0.746. The number of hydrogen-bond donors (Lipinski definition) is 1. The summed E-state index contributed by atoms with van der Waals surface area (Å²) in [5.74, 6) is 1.09. The molecule has 0 atom stereocenters. The minimum atomic E-state index is 0.544. The zero-order chi connectivity index (χ0) is 12.4. The molecule has 1 saturated heterocycles. The Balaban J connectivity index is 1.87. The molecule has 2 heteroatoms. The lowest BCUT2D eigenvalue weighted by molar-refractivity contribution is 0.0726. The first kappa shape index (κ1) is 13.7. The average molecular weight is 255 g/mol. The highest BCUT2D eigenvalue weighted by Gasteiger charge is 2.34. The lowest BCUT2D eigenvalue weighted by Crippen LogP contribution is -2.45. The molecule has 1 heterocycles. The van der Waals surface area contributed by atoms with Gasteiger partial charge in [0.05, 0.1) is 0 Å². The van der Waals surface area contributed by atoms with E-state index in [1.807, 2.05) is 0 Å². The minimum absolute atomic E-state index is 0.544. The molecule has 0 bridgehead atoms. The van der Waals surface area contributed by atoms with Crippen LogP contribution in [0.5, 0.6) is 0 Å². The molecular formula is C15H29NS. The van der Waals surface area contributed by atoms with E-state index in [0.29, 0.717) is 10.8 Å². The third-order valence-electron chi connectivity index (χ3n) is 5.02. The second kappa shape index (κ2) is 5.52. The fourth-order valence-electron chi connectivity index (χ4n) is 3.46. The highest BCUT2D eigenvalue weighted by Crippen LogP contribution is 2.39. The van der Waals surface area contributed by atoms with E-state index < -0.39 is 0 Å². The van der Waals surface area contributed by atoms with E-state index in [1.54, 1.807) is 0 Å². The van der Waals surface area contributed by atoms with Gasteiger partial charge in [-0.25, -0.2) is 0 Å². The summed E-state index contributed by atoms with van der Waals surface area (Å²) in [4.78, 5) is 2.72. The molecule has 0 unspecified atom stereocenters. The molecular weight excluding hydrogens is 226 g/mol. The maximum atomic E-state index is 4.66. The van der Waals surface area contributed by atoms with Crippen LogP contribution in [-0.2, 0) is 0 Å².